The van der Waals surface area contributed by atoms with Crippen molar-refractivity contribution in [2.45, 2.75) is 63.7 Å². The number of ketones is 2. The third-order valence-corrected chi connectivity index (χ3v) is 14.3. The molecular weight excluding hydrogens is 438 g/mol. The Labute approximate surface area is 182 Å². The molecule has 9 heteroatoms. The normalized spacial score (nSPS) is 19.6. The molecule has 1 aromatic carbocycles. The Morgan fingerprint density at radius 1 is 0.931 bits per heavy atom. The lowest BCUT2D eigenvalue weighted by atomic mass is 9.88. The fourth-order valence-corrected chi connectivity index (χ4v) is 16.4. The maximum atomic E-state index is 12.7. The second-order valence-electron chi connectivity index (χ2n) is 9.53. The van der Waals surface area contributed by atoms with Gasteiger partial charge in [-0.1, -0.05) is 24.3 Å². The van der Waals surface area contributed by atoms with E-state index in [9.17, 15) is 9.59 Å². The Kier molecular flexibility index (Phi) is 7.62. The van der Waals surface area contributed by atoms with Crippen LogP contribution in [0.25, 0.3) is 0 Å². The molecule has 0 radical (unpaired) electrons. The van der Waals surface area contributed by atoms with E-state index in [4.69, 9.17) is 19.8 Å². The van der Waals surface area contributed by atoms with Crippen LogP contribution < -0.4 is 0 Å². The van der Waals surface area contributed by atoms with Crippen LogP contribution in [0.15, 0.2) is 29.3 Å². The van der Waals surface area contributed by atoms with Crippen molar-refractivity contribution in [3.8, 4) is 0 Å². The molecule has 1 unspecified atom stereocenters. The molecule has 2 rings (SSSR count). The van der Waals surface area contributed by atoms with E-state index in [2.05, 4.69) is 50.8 Å². The monoisotopic (exact) mass is 469 g/mol. The van der Waals surface area contributed by atoms with Crippen LogP contribution in [0.4, 0.5) is 0 Å². The number of benzene rings is 1. The zero-order valence-electron chi connectivity index (χ0n) is 18.5. The Morgan fingerprint density at radius 3 is 1.97 bits per heavy atom. The van der Waals surface area contributed by atoms with Crippen LogP contribution in [0.5, 0.6) is 0 Å². The molecule has 0 N–H and O–H groups in total. The third kappa shape index (κ3) is 6.80. The summed E-state index contributed by atoms with van der Waals surface area (Å²) in [7, 11) is -5.85. The van der Waals surface area contributed by atoms with Gasteiger partial charge in [0.2, 0.25) is 5.78 Å². The van der Waals surface area contributed by atoms with Gasteiger partial charge in [-0.05, 0) is 58.3 Å². The highest BCUT2D eigenvalue weighted by molar-refractivity contribution is 6.87. The summed E-state index contributed by atoms with van der Waals surface area (Å²) in [6, 6.07) is 7.57. The van der Waals surface area contributed by atoms with Gasteiger partial charge in [-0.15, -0.1) is 11.6 Å². The van der Waals surface area contributed by atoms with E-state index in [-0.39, 0.29) is 17.3 Å². The molecule has 29 heavy (non-hydrogen) atoms. The van der Waals surface area contributed by atoms with Crippen molar-refractivity contribution in [3.05, 3.63) is 35.4 Å². The summed E-state index contributed by atoms with van der Waals surface area (Å²) in [6.45, 7) is 15.6. The van der Waals surface area contributed by atoms with Gasteiger partial charge in [0, 0.05) is 17.7 Å². The number of fused-ring (bicyclic) bond motifs is 1. The number of carbonyl (C=O) groups excluding carboxylic acids is 2. The largest absolute Gasteiger partial charge is 0.437 e. The number of rotatable bonds is 8. The van der Waals surface area contributed by atoms with E-state index in [0.717, 1.165) is 12.5 Å². The number of Topliss-reactive ketones (excluding diaryl/α,β-unsaturated/α-hetero) is 2. The van der Waals surface area contributed by atoms with Crippen LogP contribution in [-0.2, 0) is 8.23 Å². The lowest BCUT2D eigenvalue weighted by Crippen LogP contribution is -2.52. The molecule has 0 aromatic heterocycles. The molecule has 1 aromatic rings. The van der Waals surface area contributed by atoms with Crippen LogP contribution in [0.1, 0.15) is 27.1 Å². The molecule has 5 nitrogen and oxygen atoms in total. The van der Waals surface area contributed by atoms with E-state index in [0.29, 0.717) is 17.7 Å². The molecule has 0 saturated carbocycles. The Balaban J connectivity index is 2.11. The van der Waals surface area contributed by atoms with E-state index in [1.807, 2.05) is 0 Å². The van der Waals surface area contributed by atoms with Crippen molar-refractivity contribution in [3.63, 3.8) is 0 Å². The van der Waals surface area contributed by atoms with Crippen LogP contribution in [0, 0.1) is 0 Å². The zero-order chi connectivity index (χ0) is 22.0. The molecule has 0 heterocycles. The molecule has 0 fully saturated rings. The topological polar surface area (TPSA) is 65.0 Å². The smallest absolute Gasteiger partial charge is 0.314 e. The molecule has 0 spiro atoms. The second-order valence-corrected chi connectivity index (χ2v) is 22.8. The Bertz CT molecular complexity index is 799. The molecule has 0 amide bonds. The van der Waals surface area contributed by atoms with Crippen molar-refractivity contribution in [2.24, 2.45) is 4.99 Å². The van der Waals surface area contributed by atoms with Crippen molar-refractivity contribution in [1.29, 1.82) is 0 Å². The lowest BCUT2D eigenvalue weighted by molar-refractivity contribution is 0.0967. The fraction of sp³-hybridized carbons (Fsp3) is 0.550. The summed E-state index contributed by atoms with van der Waals surface area (Å²) in [6.07, 6.45) is 0.730. The maximum Gasteiger partial charge on any atom is 0.314 e. The summed E-state index contributed by atoms with van der Waals surface area (Å²) in [5, 5.41) is -1.02. The standard InChI is InChI=1S/C20H32ClNO4Si3/c1-27(2,3)25-29(7,26-28(4,5)6)14-10-13-22-18-17(21)19(23)15-11-8-9-12-16(15)20(18)24/h8-9,11-12,17H,10,13-14H2,1-7H3. The Hall–Kier alpha value is -0.909. The number of hydrogen-bond donors (Lipinski definition) is 0. The maximum absolute atomic E-state index is 12.7. The highest BCUT2D eigenvalue weighted by Crippen LogP contribution is 2.26. The van der Waals surface area contributed by atoms with Crippen molar-refractivity contribution in [1.82, 2.24) is 0 Å². The van der Waals surface area contributed by atoms with E-state index < -0.39 is 30.6 Å². The van der Waals surface area contributed by atoms with Crippen molar-refractivity contribution in [2.75, 3.05) is 6.54 Å². The first-order chi connectivity index (χ1) is 13.2. The number of nitrogens with zero attached hydrogens (tertiary/aromatic N) is 1. The van der Waals surface area contributed by atoms with Crippen LogP contribution >= 0.6 is 11.6 Å². The molecular formula is C20H32ClNO4Si3. The summed E-state index contributed by atoms with van der Waals surface area (Å²) in [5.41, 5.74) is 0.913. The number of hydrogen-bond acceptors (Lipinski definition) is 5. The van der Waals surface area contributed by atoms with Gasteiger partial charge in [-0.25, -0.2) is 0 Å². The van der Waals surface area contributed by atoms with Gasteiger partial charge in [0.15, 0.2) is 22.4 Å². The summed E-state index contributed by atoms with van der Waals surface area (Å²) >= 11 is 6.27. The van der Waals surface area contributed by atoms with Gasteiger partial charge in [-0.2, -0.15) is 0 Å². The van der Waals surface area contributed by atoms with Gasteiger partial charge in [-0.3, -0.25) is 14.6 Å². The number of aliphatic imine (C=N–C) groups is 1. The highest BCUT2D eigenvalue weighted by Gasteiger charge is 2.40. The molecule has 0 aliphatic heterocycles. The number of carbonyl (C=O) groups is 2. The molecule has 1 aliphatic rings. The Morgan fingerprint density at radius 2 is 1.45 bits per heavy atom. The van der Waals surface area contributed by atoms with Crippen LogP contribution in [0.3, 0.4) is 0 Å². The first kappa shape index (κ1) is 24.4. The minimum absolute atomic E-state index is 0.149. The molecule has 0 bridgehead atoms. The third-order valence-electron chi connectivity index (χ3n) is 4.26. The quantitative estimate of drug-likeness (QED) is 0.295. The van der Waals surface area contributed by atoms with Gasteiger partial charge in [0.1, 0.15) is 11.1 Å². The van der Waals surface area contributed by atoms with Gasteiger partial charge >= 0.3 is 8.56 Å². The van der Waals surface area contributed by atoms with E-state index in [1.54, 1.807) is 24.3 Å². The minimum Gasteiger partial charge on any atom is -0.437 e. The average molecular weight is 470 g/mol. The zero-order valence-corrected chi connectivity index (χ0v) is 22.2. The number of halogens is 1. The van der Waals surface area contributed by atoms with Crippen molar-refractivity contribution >= 4 is 54.1 Å². The highest BCUT2D eigenvalue weighted by atomic mass is 35.5. The fourth-order valence-electron chi connectivity index (χ4n) is 3.58. The van der Waals surface area contributed by atoms with Crippen LogP contribution in [-0.4, -0.2) is 54.4 Å². The minimum atomic E-state index is -2.34. The van der Waals surface area contributed by atoms with E-state index in [1.165, 1.54) is 0 Å². The first-order valence-corrected chi connectivity index (χ1v) is 19.8. The molecule has 1 atom stereocenters. The molecule has 0 saturated heterocycles. The van der Waals surface area contributed by atoms with Gasteiger partial charge < -0.3 is 8.23 Å². The molecule has 160 valence electrons. The summed E-state index contributed by atoms with van der Waals surface area (Å²) in [5.74, 6) is -0.513. The van der Waals surface area contributed by atoms with Gasteiger partial charge in [0.05, 0.1) is 0 Å². The average Bonchev–Trinajstić information content (AvgIpc) is 2.55. The number of alkyl halides is 1. The summed E-state index contributed by atoms with van der Waals surface area (Å²) in [4.78, 5) is 29.7. The van der Waals surface area contributed by atoms with Gasteiger partial charge in [0.25, 0.3) is 0 Å². The van der Waals surface area contributed by atoms with E-state index >= 15 is 0 Å². The predicted molar refractivity (Wildman–Crippen MR) is 127 cm³/mol. The molecule has 1 aliphatic carbocycles. The summed E-state index contributed by atoms with van der Waals surface area (Å²) < 4.78 is 13.0. The predicted octanol–water partition coefficient (Wildman–Crippen LogP) is 5.28. The SMILES string of the molecule is C[Si](C)(C)O[Si](C)(CCCN=C1C(=O)c2ccccc2C(=O)C1Cl)O[Si](C)(C)C. The second kappa shape index (κ2) is 9.07. The lowest BCUT2D eigenvalue weighted by Gasteiger charge is -2.38. The first-order valence-electron chi connectivity index (χ1n) is 9.99. The van der Waals surface area contributed by atoms with Crippen molar-refractivity contribution < 1.29 is 17.8 Å². The van der Waals surface area contributed by atoms with Crippen LogP contribution in [0.2, 0.25) is 51.9 Å².